The first kappa shape index (κ1) is 18.0. The lowest BCUT2D eigenvalue weighted by molar-refractivity contribution is -0.136. The van der Waals surface area contributed by atoms with Crippen molar-refractivity contribution in [3.63, 3.8) is 0 Å². The van der Waals surface area contributed by atoms with E-state index in [0.717, 1.165) is 51.9 Å². The first-order chi connectivity index (χ1) is 12.1. The Labute approximate surface area is 149 Å². The van der Waals surface area contributed by atoms with Crippen molar-refractivity contribution in [3.05, 3.63) is 24.2 Å². The minimum absolute atomic E-state index is 0.112. The van der Waals surface area contributed by atoms with Crippen LogP contribution < -0.4 is 0 Å². The Hall–Kier alpha value is -1.82. The lowest BCUT2D eigenvalue weighted by Crippen LogP contribution is -2.52. The van der Waals surface area contributed by atoms with Gasteiger partial charge in [-0.2, -0.15) is 0 Å². The van der Waals surface area contributed by atoms with Crippen LogP contribution in [0.5, 0.6) is 0 Å². The van der Waals surface area contributed by atoms with E-state index in [0.29, 0.717) is 18.2 Å². The normalized spacial score (nSPS) is 24.1. The van der Waals surface area contributed by atoms with Gasteiger partial charge in [0, 0.05) is 26.2 Å². The molecule has 0 spiro atoms. The second-order valence-corrected chi connectivity index (χ2v) is 7.28. The van der Waals surface area contributed by atoms with Crippen LogP contribution in [-0.2, 0) is 4.79 Å². The maximum Gasteiger partial charge on any atom is 0.290 e. The Morgan fingerprint density at radius 3 is 2.84 bits per heavy atom. The third-order valence-corrected chi connectivity index (χ3v) is 5.49. The van der Waals surface area contributed by atoms with Crippen molar-refractivity contribution in [1.29, 1.82) is 0 Å². The first-order valence-electron chi connectivity index (χ1n) is 9.42. The molecule has 3 rings (SSSR count). The van der Waals surface area contributed by atoms with E-state index in [4.69, 9.17) is 4.42 Å². The summed E-state index contributed by atoms with van der Waals surface area (Å²) in [5.74, 6) is 0.807. The van der Waals surface area contributed by atoms with Gasteiger partial charge in [-0.25, -0.2) is 0 Å². The number of carbonyl (C=O) groups excluding carboxylic acids is 2. The molecule has 138 valence electrons. The fourth-order valence-corrected chi connectivity index (χ4v) is 3.94. The third-order valence-electron chi connectivity index (χ3n) is 5.49. The van der Waals surface area contributed by atoms with Crippen molar-refractivity contribution in [2.75, 3.05) is 39.8 Å². The van der Waals surface area contributed by atoms with Gasteiger partial charge in [0.1, 0.15) is 6.04 Å². The quantitative estimate of drug-likeness (QED) is 0.818. The Morgan fingerprint density at radius 2 is 2.12 bits per heavy atom. The average Bonchev–Trinajstić information content (AvgIpc) is 3.32. The highest BCUT2D eigenvalue weighted by atomic mass is 16.3. The van der Waals surface area contributed by atoms with Gasteiger partial charge in [0.25, 0.3) is 5.91 Å². The minimum Gasteiger partial charge on any atom is -0.459 e. The molecule has 2 atom stereocenters. The molecule has 6 nitrogen and oxygen atoms in total. The van der Waals surface area contributed by atoms with Crippen LogP contribution in [0.2, 0.25) is 0 Å². The molecule has 2 amide bonds. The fourth-order valence-electron chi connectivity index (χ4n) is 3.94. The summed E-state index contributed by atoms with van der Waals surface area (Å²) in [6.45, 7) is 6.45. The van der Waals surface area contributed by atoms with Gasteiger partial charge in [0.15, 0.2) is 5.76 Å². The number of rotatable bonds is 5. The number of hydrogen-bond acceptors (Lipinski definition) is 4. The van der Waals surface area contributed by atoms with Gasteiger partial charge >= 0.3 is 0 Å². The van der Waals surface area contributed by atoms with E-state index in [1.807, 2.05) is 4.90 Å². The van der Waals surface area contributed by atoms with E-state index in [1.54, 1.807) is 17.0 Å². The van der Waals surface area contributed by atoms with Crippen molar-refractivity contribution < 1.29 is 14.0 Å². The second-order valence-electron chi connectivity index (χ2n) is 7.28. The molecule has 0 aromatic carbocycles. The number of nitrogens with zero attached hydrogens (tertiary/aromatic N) is 3. The standard InChI is InChI=1S/C19H29N3O3/c1-3-20(2)13-15-9-11-21(14-15)18(23)16-7-4-5-10-22(16)19(24)17-8-6-12-25-17/h6,8,12,15-16H,3-5,7,9-11,13-14H2,1-2H3. The van der Waals surface area contributed by atoms with Gasteiger partial charge in [-0.1, -0.05) is 6.92 Å². The maximum absolute atomic E-state index is 13.1. The largest absolute Gasteiger partial charge is 0.459 e. The number of hydrogen-bond donors (Lipinski definition) is 0. The summed E-state index contributed by atoms with van der Waals surface area (Å²) >= 11 is 0. The van der Waals surface area contributed by atoms with Crippen LogP contribution >= 0.6 is 0 Å². The van der Waals surface area contributed by atoms with E-state index in [-0.39, 0.29) is 17.9 Å². The van der Waals surface area contributed by atoms with Gasteiger partial charge in [-0.05, 0) is 57.3 Å². The first-order valence-corrected chi connectivity index (χ1v) is 9.42. The molecule has 25 heavy (non-hydrogen) atoms. The molecule has 3 heterocycles. The van der Waals surface area contributed by atoms with Crippen molar-refractivity contribution in [2.24, 2.45) is 5.92 Å². The topological polar surface area (TPSA) is 57.0 Å². The summed E-state index contributed by atoms with van der Waals surface area (Å²) in [5, 5.41) is 0. The molecule has 2 saturated heterocycles. The molecule has 0 radical (unpaired) electrons. The smallest absolute Gasteiger partial charge is 0.290 e. The Bertz CT molecular complexity index is 587. The maximum atomic E-state index is 13.1. The number of likely N-dealkylation sites (tertiary alicyclic amines) is 2. The molecule has 2 aliphatic rings. The van der Waals surface area contributed by atoms with Gasteiger partial charge in [0.05, 0.1) is 6.26 Å². The van der Waals surface area contributed by atoms with Gasteiger partial charge in [0.2, 0.25) is 5.91 Å². The summed E-state index contributed by atoms with van der Waals surface area (Å²) in [7, 11) is 2.12. The van der Waals surface area contributed by atoms with Crippen LogP contribution in [0.1, 0.15) is 43.2 Å². The second kappa shape index (κ2) is 8.04. The van der Waals surface area contributed by atoms with E-state index < -0.39 is 0 Å². The molecular formula is C19H29N3O3. The fraction of sp³-hybridized carbons (Fsp3) is 0.684. The molecular weight excluding hydrogens is 318 g/mol. The highest BCUT2D eigenvalue weighted by Crippen LogP contribution is 2.25. The van der Waals surface area contributed by atoms with Gasteiger partial charge in [-0.3, -0.25) is 9.59 Å². The lowest BCUT2D eigenvalue weighted by atomic mass is 10.0. The number of piperidine rings is 1. The molecule has 0 saturated carbocycles. The van der Waals surface area contributed by atoms with Crippen LogP contribution in [0.4, 0.5) is 0 Å². The molecule has 2 unspecified atom stereocenters. The van der Waals surface area contributed by atoms with E-state index in [9.17, 15) is 9.59 Å². The highest BCUT2D eigenvalue weighted by molar-refractivity contribution is 5.95. The van der Waals surface area contributed by atoms with E-state index in [2.05, 4.69) is 18.9 Å². The minimum atomic E-state index is -0.339. The van der Waals surface area contributed by atoms with Crippen molar-refractivity contribution in [1.82, 2.24) is 14.7 Å². The van der Waals surface area contributed by atoms with Crippen molar-refractivity contribution >= 4 is 11.8 Å². The molecule has 2 aliphatic heterocycles. The molecule has 2 fully saturated rings. The zero-order valence-electron chi connectivity index (χ0n) is 15.3. The number of carbonyl (C=O) groups is 2. The summed E-state index contributed by atoms with van der Waals surface area (Å²) in [4.78, 5) is 31.7. The zero-order valence-corrected chi connectivity index (χ0v) is 15.3. The summed E-state index contributed by atoms with van der Waals surface area (Å²) in [5.41, 5.74) is 0. The molecule has 6 heteroatoms. The van der Waals surface area contributed by atoms with Gasteiger partial charge < -0.3 is 19.1 Å². The van der Waals surface area contributed by atoms with Crippen LogP contribution in [0.3, 0.4) is 0 Å². The van der Waals surface area contributed by atoms with Gasteiger partial charge in [-0.15, -0.1) is 0 Å². The lowest BCUT2D eigenvalue weighted by Gasteiger charge is -2.36. The van der Waals surface area contributed by atoms with E-state index >= 15 is 0 Å². The summed E-state index contributed by atoms with van der Waals surface area (Å²) in [6.07, 6.45) is 5.24. The molecule has 0 aliphatic carbocycles. The molecule has 1 aromatic rings. The van der Waals surface area contributed by atoms with Crippen molar-refractivity contribution in [3.8, 4) is 0 Å². The van der Waals surface area contributed by atoms with Crippen LogP contribution in [0.15, 0.2) is 22.8 Å². The highest BCUT2D eigenvalue weighted by Gasteiger charge is 2.38. The summed E-state index contributed by atoms with van der Waals surface area (Å²) < 4.78 is 5.25. The van der Waals surface area contributed by atoms with Crippen LogP contribution in [0, 0.1) is 5.92 Å². The molecule has 0 N–H and O–H groups in total. The summed E-state index contributed by atoms with van der Waals surface area (Å²) in [6, 6.07) is 3.04. The Balaban J connectivity index is 1.64. The van der Waals surface area contributed by atoms with Crippen molar-refractivity contribution in [2.45, 2.75) is 38.6 Å². The Kier molecular flexibility index (Phi) is 5.78. The van der Waals surface area contributed by atoms with E-state index in [1.165, 1.54) is 6.26 Å². The monoisotopic (exact) mass is 347 g/mol. The number of amides is 2. The number of furan rings is 1. The third kappa shape index (κ3) is 4.06. The molecule has 0 bridgehead atoms. The average molecular weight is 347 g/mol. The SMILES string of the molecule is CCN(C)CC1CCN(C(=O)C2CCCCN2C(=O)c2ccco2)C1. The Morgan fingerprint density at radius 1 is 1.28 bits per heavy atom. The van der Waals surface area contributed by atoms with Crippen LogP contribution in [-0.4, -0.2) is 72.3 Å². The predicted octanol–water partition coefficient (Wildman–Crippen LogP) is 2.07. The zero-order chi connectivity index (χ0) is 17.8. The predicted molar refractivity (Wildman–Crippen MR) is 95.2 cm³/mol. The molecule has 1 aromatic heterocycles. The van der Waals surface area contributed by atoms with Crippen LogP contribution in [0.25, 0.3) is 0 Å².